The van der Waals surface area contributed by atoms with E-state index in [1.807, 2.05) is 11.8 Å². The van der Waals surface area contributed by atoms with E-state index in [9.17, 15) is 0 Å². The standard InChI is InChI=1S/C8H13NS2/c9-3-6-10-4-1-8-2-5-11-7-8/h2,5,7H,1,3-4,6,9H2. The Morgan fingerprint density at radius 1 is 1.45 bits per heavy atom. The minimum absolute atomic E-state index is 0.800. The molecule has 0 amide bonds. The Morgan fingerprint density at radius 2 is 2.36 bits per heavy atom. The monoisotopic (exact) mass is 187 g/mol. The van der Waals surface area contributed by atoms with E-state index in [4.69, 9.17) is 5.73 Å². The summed E-state index contributed by atoms with van der Waals surface area (Å²) in [6.07, 6.45) is 1.19. The fraction of sp³-hybridized carbons (Fsp3) is 0.500. The number of aryl methyl sites for hydroxylation is 1. The first-order valence-electron chi connectivity index (χ1n) is 3.72. The summed E-state index contributed by atoms with van der Waals surface area (Å²) in [5.41, 5.74) is 6.83. The average molecular weight is 187 g/mol. The van der Waals surface area contributed by atoms with Crippen molar-refractivity contribution in [3.05, 3.63) is 22.4 Å². The minimum Gasteiger partial charge on any atom is -0.330 e. The normalized spacial score (nSPS) is 10.3. The number of hydrogen-bond donors (Lipinski definition) is 1. The van der Waals surface area contributed by atoms with Gasteiger partial charge in [0, 0.05) is 12.3 Å². The Kier molecular flexibility index (Phi) is 4.66. The fourth-order valence-electron chi connectivity index (χ4n) is 0.810. The molecular weight excluding hydrogens is 174 g/mol. The van der Waals surface area contributed by atoms with Crippen molar-refractivity contribution in [1.82, 2.24) is 0 Å². The first kappa shape index (κ1) is 9.10. The van der Waals surface area contributed by atoms with Crippen LogP contribution in [0.1, 0.15) is 5.56 Å². The van der Waals surface area contributed by atoms with Gasteiger partial charge in [0.15, 0.2) is 0 Å². The van der Waals surface area contributed by atoms with E-state index >= 15 is 0 Å². The summed E-state index contributed by atoms with van der Waals surface area (Å²) in [5.74, 6) is 2.29. The Labute approximate surface area is 76.0 Å². The van der Waals surface area contributed by atoms with Crippen molar-refractivity contribution in [1.29, 1.82) is 0 Å². The maximum Gasteiger partial charge on any atom is 0.00559 e. The molecule has 1 rings (SSSR count). The highest BCUT2D eigenvalue weighted by atomic mass is 32.2. The summed E-state index contributed by atoms with van der Waals surface area (Å²) in [6.45, 7) is 0.800. The highest BCUT2D eigenvalue weighted by molar-refractivity contribution is 7.99. The molecule has 0 bridgehead atoms. The third-order valence-corrected chi connectivity index (χ3v) is 3.13. The molecule has 0 radical (unpaired) electrons. The second-order valence-electron chi connectivity index (χ2n) is 2.28. The van der Waals surface area contributed by atoms with Crippen LogP contribution < -0.4 is 5.73 Å². The second-order valence-corrected chi connectivity index (χ2v) is 4.29. The van der Waals surface area contributed by atoms with Crippen LogP contribution in [-0.2, 0) is 6.42 Å². The molecule has 0 saturated heterocycles. The predicted octanol–water partition coefficient (Wildman–Crippen LogP) is 1.98. The van der Waals surface area contributed by atoms with Crippen LogP contribution in [0.25, 0.3) is 0 Å². The fourth-order valence-corrected chi connectivity index (χ4v) is 2.26. The number of rotatable bonds is 5. The summed E-state index contributed by atoms with van der Waals surface area (Å²) in [6, 6.07) is 2.19. The van der Waals surface area contributed by atoms with Gasteiger partial charge in [-0.3, -0.25) is 0 Å². The summed E-state index contributed by atoms with van der Waals surface area (Å²) < 4.78 is 0. The molecular formula is C8H13NS2. The lowest BCUT2D eigenvalue weighted by molar-refractivity contribution is 1.13. The summed E-state index contributed by atoms with van der Waals surface area (Å²) in [4.78, 5) is 0. The van der Waals surface area contributed by atoms with E-state index in [1.165, 1.54) is 17.7 Å². The molecule has 3 heteroatoms. The van der Waals surface area contributed by atoms with E-state index in [1.54, 1.807) is 11.3 Å². The topological polar surface area (TPSA) is 26.0 Å². The molecule has 0 aliphatic rings. The van der Waals surface area contributed by atoms with E-state index in [0.717, 1.165) is 12.3 Å². The molecule has 0 aliphatic heterocycles. The van der Waals surface area contributed by atoms with Crippen LogP contribution in [0.4, 0.5) is 0 Å². The molecule has 11 heavy (non-hydrogen) atoms. The van der Waals surface area contributed by atoms with Gasteiger partial charge in [-0.1, -0.05) is 0 Å². The maximum absolute atomic E-state index is 5.37. The van der Waals surface area contributed by atoms with Crippen LogP contribution in [0.5, 0.6) is 0 Å². The zero-order valence-corrected chi connectivity index (χ0v) is 8.09. The van der Waals surface area contributed by atoms with Crippen LogP contribution in [-0.4, -0.2) is 18.1 Å². The molecule has 0 atom stereocenters. The van der Waals surface area contributed by atoms with E-state index in [-0.39, 0.29) is 0 Å². The molecule has 0 spiro atoms. The molecule has 0 aliphatic carbocycles. The molecule has 0 unspecified atom stereocenters. The molecule has 1 nitrogen and oxygen atoms in total. The molecule has 0 fully saturated rings. The number of thiophene rings is 1. The second kappa shape index (κ2) is 5.63. The van der Waals surface area contributed by atoms with E-state index in [0.29, 0.717) is 0 Å². The van der Waals surface area contributed by atoms with Crippen LogP contribution in [0.15, 0.2) is 16.8 Å². The molecule has 1 heterocycles. The van der Waals surface area contributed by atoms with Gasteiger partial charge in [-0.25, -0.2) is 0 Å². The quantitative estimate of drug-likeness (QED) is 0.713. The maximum atomic E-state index is 5.37. The zero-order chi connectivity index (χ0) is 7.94. The van der Waals surface area contributed by atoms with Gasteiger partial charge in [0.05, 0.1) is 0 Å². The lowest BCUT2D eigenvalue weighted by Crippen LogP contribution is -2.02. The lowest BCUT2D eigenvalue weighted by atomic mass is 10.3. The highest BCUT2D eigenvalue weighted by Crippen LogP contribution is 2.09. The van der Waals surface area contributed by atoms with Gasteiger partial charge in [-0.15, -0.1) is 0 Å². The van der Waals surface area contributed by atoms with E-state index in [2.05, 4.69) is 16.8 Å². The van der Waals surface area contributed by atoms with E-state index < -0.39 is 0 Å². The SMILES string of the molecule is NCCSCCc1ccsc1. The first-order valence-corrected chi connectivity index (χ1v) is 5.82. The van der Waals surface area contributed by atoms with Crippen LogP contribution >= 0.6 is 23.1 Å². The zero-order valence-electron chi connectivity index (χ0n) is 6.45. The highest BCUT2D eigenvalue weighted by Gasteiger charge is 1.92. The molecule has 0 aromatic carbocycles. The largest absolute Gasteiger partial charge is 0.330 e. The Hall–Kier alpha value is 0.01000. The molecule has 0 saturated carbocycles. The Bertz CT molecular complexity index is 172. The summed E-state index contributed by atoms with van der Waals surface area (Å²) in [7, 11) is 0. The van der Waals surface area contributed by atoms with Crippen molar-refractivity contribution < 1.29 is 0 Å². The van der Waals surface area contributed by atoms with Crippen molar-refractivity contribution >= 4 is 23.1 Å². The van der Waals surface area contributed by atoms with Crippen molar-refractivity contribution in [2.45, 2.75) is 6.42 Å². The summed E-state index contributed by atoms with van der Waals surface area (Å²) >= 11 is 3.70. The Morgan fingerprint density at radius 3 is 3.00 bits per heavy atom. The smallest absolute Gasteiger partial charge is 0.00559 e. The number of hydrogen-bond acceptors (Lipinski definition) is 3. The molecule has 2 N–H and O–H groups in total. The van der Waals surface area contributed by atoms with Gasteiger partial charge in [0.2, 0.25) is 0 Å². The molecule has 1 aromatic rings. The van der Waals surface area contributed by atoms with Crippen LogP contribution in [0.2, 0.25) is 0 Å². The minimum atomic E-state index is 0.800. The van der Waals surface area contributed by atoms with Crippen molar-refractivity contribution in [2.75, 3.05) is 18.1 Å². The van der Waals surface area contributed by atoms with Gasteiger partial charge in [0.25, 0.3) is 0 Å². The molecule has 1 aromatic heterocycles. The number of thioether (sulfide) groups is 1. The number of nitrogens with two attached hydrogens (primary N) is 1. The molecule has 62 valence electrons. The third kappa shape index (κ3) is 3.79. The summed E-state index contributed by atoms with van der Waals surface area (Å²) in [5, 5.41) is 4.34. The predicted molar refractivity (Wildman–Crippen MR) is 54.4 cm³/mol. The van der Waals surface area contributed by atoms with Gasteiger partial charge < -0.3 is 5.73 Å². The average Bonchev–Trinajstić information content (AvgIpc) is 2.50. The lowest BCUT2D eigenvalue weighted by Gasteiger charge is -1.96. The van der Waals surface area contributed by atoms with Gasteiger partial charge >= 0.3 is 0 Å². The van der Waals surface area contributed by atoms with Crippen molar-refractivity contribution in [2.24, 2.45) is 5.73 Å². The van der Waals surface area contributed by atoms with Crippen molar-refractivity contribution in [3.63, 3.8) is 0 Å². The van der Waals surface area contributed by atoms with Crippen LogP contribution in [0, 0.1) is 0 Å². The van der Waals surface area contributed by atoms with Crippen LogP contribution in [0.3, 0.4) is 0 Å². The third-order valence-electron chi connectivity index (χ3n) is 1.38. The Balaban J connectivity index is 2.04. The van der Waals surface area contributed by atoms with Gasteiger partial charge in [0.1, 0.15) is 0 Å². The van der Waals surface area contributed by atoms with Gasteiger partial charge in [-0.05, 0) is 34.6 Å². The van der Waals surface area contributed by atoms with Crippen molar-refractivity contribution in [3.8, 4) is 0 Å². The first-order chi connectivity index (χ1) is 5.43. The van der Waals surface area contributed by atoms with Gasteiger partial charge in [-0.2, -0.15) is 23.1 Å².